The zero-order valence-corrected chi connectivity index (χ0v) is 4.30. The highest BCUT2D eigenvalue weighted by molar-refractivity contribution is 6.22. The van der Waals surface area contributed by atoms with Gasteiger partial charge in [0.25, 0.3) is 0 Å². The van der Waals surface area contributed by atoms with Crippen LogP contribution in [-0.2, 0) is 14.3 Å². The van der Waals surface area contributed by atoms with Gasteiger partial charge in [0, 0.05) is 6.92 Å². The summed E-state index contributed by atoms with van der Waals surface area (Å²) in [6.07, 6.45) is 0.0119. The molecule has 0 heterocycles. The minimum atomic E-state index is -1.03. The van der Waals surface area contributed by atoms with E-state index >= 15 is 0 Å². The molecule has 0 bridgehead atoms. The predicted molar refractivity (Wildman–Crippen MR) is 25.6 cm³/mol. The highest BCUT2D eigenvalue weighted by Crippen LogP contribution is 1.73. The van der Waals surface area contributed by atoms with Gasteiger partial charge in [-0.25, -0.2) is 4.79 Å². The van der Waals surface area contributed by atoms with E-state index in [1.165, 1.54) is 6.92 Å². The van der Waals surface area contributed by atoms with Crippen molar-refractivity contribution in [2.75, 3.05) is 0 Å². The zero-order chi connectivity index (χ0) is 6.57. The van der Waals surface area contributed by atoms with Crippen molar-refractivity contribution in [1.82, 2.24) is 0 Å². The molecule has 0 fully saturated rings. The Morgan fingerprint density at radius 1 is 1.75 bits per heavy atom. The number of hydrogen-bond acceptors (Lipinski definition) is 4. The minimum Gasteiger partial charge on any atom is -0.407 e. The summed E-state index contributed by atoms with van der Waals surface area (Å²) in [5.41, 5.74) is 0. The molecule has 0 amide bonds. The van der Waals surface area contributed by atoms with Crippen LogP contribution in [0.2, 0.25) is 0 Å². The minimum absolute atomic E-state index is 0.0119. The fraction of sp³-hybridized carbons (Fsp3) is 0.250. The lowest BCUT2D eigenvalue weighted by molar-refractivity contribution is -0.142. The van der Waals surface area contributed by atoms with E-state index in [4.69, 9.17) is 5.41 Å². The topological polar surface area (TPSA) is 67.2 Å². The molecule has 0 saturated carbocycles. The molecule has 44 valence electrons. The number of carbonyl (C=O) groups excluding carboxylic acids is 2. The Hall–Kier alpha value is -1.19. The fourth-order valence-electron chi connectivity index (χ4n) is 0.175. The normalized spacial score (nSPS) is 7.62. The number of esters is 1. The van der Waals surface area contributed by atoms with E-state index in [2.05, 4.69) is 4.74 Å². The van der Waals surface area contributed by atoms with Crippen LogP contribution in [0, 0.1) is 5.41 Å². The summed E-state index contributed by atoms with van der Waals surface area (Å²) in [4.78, 5) is 19.4. The maximum absolute atomic E-state index is 9.89. The Balaban J connectivity index is 3.55. The van der Waals surface area contributed by atoms with Crippen molar-refractivity contribution >= 4 is 18.2 Å². The summed E-state index contributed by atoms with van der Waals surface area (Å²) in [7, 11) is 0. The van der Waals surface area contributed by atoms with Gasteiger partial charge in [-0.3, -0.25) is 10.2 Å². The van der Waals surface area contributed by atoms with Crippen molar-refractivity contribution in [1.29, 1.82) is 5.41 Å². The molecule has 0 aliphatic heterocycles. The zero-order valence-electron chi connectivity index (χ0n) is 4.30. The number of carbonyl (C=O) groups is 2. The molecular formula is C4H5NO3. The second-order valence-electron chi connectivity index (χ2n) is 1.10. The largest absolute Gasteiger partial charge is 0.407 e. The molecule has 0 atom stereocenters. The van der Waals surface area contributed by atoms with Crippen molar-refractivity contribution in [3.05, 3.63) is 0 Å². The van der Waals surface area contributed by atoms with Crippen molar-refractivity contribution in [3.63, 3.8) is 0 Å². The van der Waals surface area contributed by atoms with Crippen LogP contribution < -0.4 is 0 Å². The van der Waals surface area contributed by atoms with E-state index in [-0.39, 0.29) is 12.2 Å². The SMILES string of the molecule is CC(=N)OC(=O)C=O. The van der Waals surface area contributed by atoms with Crippen LogP contribution in [0.25, 0.3) is 0 Å². The molecule has 8 heavy (non-hydrogen) atoms. The van der Waals surface area contributed by atoms with Gasteiger partial charge in [0.05, 0.1) is 0 Å². The molecule has 4 nitrogen and oxygen atoms in total. The number of nitrogens with one attached hydrogen (secondary N) is 1. The van der Waals surface area contributed by atoms with Gasteiger partial charge in [0.2, 0.25) is 6.29 Å². The Bertz CT molecular complexity index is 129. The Morgan fingerprint density at radius 2 is 2.25 bits per heavy atom. The summed E-state index contributed by atoms with van der Waals surface area (Å²) in [6.45, 7) is 1.27. The van der Waals surface area contributed by atoms with Gasteiger partial charge in [0.1, 0.15) is 0 Å². The summed E-state index contributed by atoms with van der Waals surface area (Å²) in [5, 5.41) is 6.53. The molecule has 0 aliphatic carbocycles. The lowest BCUT2D eigenvalue weighted by Crippen LogP contribution is -2.08. The Kier molecular flexibility index (Phi) is 2.47. The second-order valence-corrected chi connectivity index (χ2v) is 1.10. The highest BCUT2D eigenvalue weighted by atomic mass is 16.5. The fourth-order valence-corrected chi connectivity index (χ4v) is 0.175. The second kappa shape index (κ2) is 2.90. The Labute approximate surface area is 46.0 Å². The van der Waals surface area contributed by atoms with Crippen molar-refractivity contribution in [2.24, 2.45) is 0 Å². The molecule has 0 aromatic carbocycles. The molecule has 0 aromatic rings. The molecule has 4 heteroatoms. The van der Waals surface area contributed by atoms with Gasteiger partial charge >= 0.3 is 5.97 Å². The first-order valence-electron chi connectivity index (χ1n) is 1.89. The van der Waals surface area contributed by atoms with Crippen LogP contribution in [0.4, 0.5) is 0 Å². The molecule has 0 unspecified atom stereocenters. The van der Waals surface area contributed by atoms with Crippen molar-refractivity contribution < 1.29 is 14.3 Å². The summed E-state index contributed by atoms with van der Waals surface area (Å²) < 4.78 is 3.98. The maximum atomic E-state index is 9.89. The highest BCUT2D eigenvalue weighted by Gasteiger charge is 1.97. The van der Waals surface area contributed by atoms with Crippen LogP contribution in [0.5, 0.6) is 0 Å². The van der Waals surface area contributed by atoms with E-state index in [1.54, 1.807) is 0 Å². The van der Waals surface area contributed by atoms with Crippen LogP contribution in [0.1, 0.15) is 6.92 Å². The predicted octanol–water partition coefficient (Wildman–Crippen LogP) is -0.274. The van der Waals surface area contributed by atoms with Gasteiger partial charge in [-0.05, 0) is 0 Å². The number of aldehydes is 1. The smallest absolute Gasteiger partial charge is 0.377 e. The number of ether oxygens (including phenoxy) is 1. The first-order valence-corrected chi connectivity index (χ1v) is 1.89. The van der Waals surface area contributed by atoms with Gasteiger partial charge < -0.3 is 4.74 Å². The van der Waals surface area contributed by atoms with Gasteiger partial charge in [-0.15, -0.1) is 0 Å². The first kappa shape index (κ1) is 6.81. The lowest BCUT2D eigenvalue weighted by Gasteiger charge is -1.90. The molecule has 1 N–H and O–H groups in total. The van der Waals surface area contributed by atoms with Crippen LogP contribution in [-0.4, -0.2) is 18.2 Å². The standard InChI is InChI=1S/C4H5NO3/c1-3(5)8-4(7)2-6/h2,5H,1H3. The van der Waals surface area contributed by atoms with Crippen LogP contribution >= 0.6 is 0 Å². The Morgan fingerprint density at radius 3 is 2.38 bits per heavy atom. The van der Waals surface area contributed by atoms with E-state index in [1.807, 2.05) is 0 Å². The maximum Gasteiger partial charge on any atom is 0.377 e. The lowest BCUT2D eigenvalue weighted by atomic mass is 10.7. The van der Waals surface area contributed by atoms with E-state index in [0.29, 0.717) is 0 Å². The quantitative estimate of drug-likeness (QED) is 0.168. The third-order valence-corrected chi connectivity index (χ3v) is 0.350. The van der Waals surface area contributed by atoms with Crippen molar-refractivity contribution in [3.8, 4) is 0 Å². The number of hydrogen-bond donors (Lipinski definition) is 1. The van der Waals surface area contributed by atoms with E-state index < -0.39 is 5.97 Å². The van der Waals surface area contributed by atoms with Crippen LogP contribution in [0.3, 0.4) is 0 Å². The molecular weight excluding hydrogens is 110 g/mol. The third kappa shape index (κ3) is 3.02. The van der Waals surface area contributed by atoms with Crippen molar-refractivity contribution in [2.45, 2.75) is 6.92 Å². The molecule has 0 radical (unpaired) electrons. The summed E-state index contributed by atoms with van der Waals surface area (Å²) in [6, 6.07) is 0. The molecule has 0 aliphatic rings. The summed E-state index contributed by atoms with van der Waals surface area (Å²) in [5.74, 6) is -1.31. The third-order valence-electron chi connectivity index (χ3n) is 0.350. The van der Waals surface area contributed by atoms with E-state index in [0.717, 1.165) is 0 Å². The molecule has 0 rings (SSSR count). The van der Waals surface area contributed by atoms with Gasteiger partial charge in [0.15, 0.2) is 5.90 Å². The van der Waals surface area contributed by atoms with Gasteiger partial charge in [-0.2, -0.15) is 0 Å². The molecule has 0 spiro atoms. The van der Waals surface area contributed by atoms with Gasteiger partial charge in [-0.1, -0.05) is 0 Å². The first-order chi connectivity index (χ1) is 3.66. The summed E-state index contributed by atoms with van der Waals surface area (Å²) >= 11 is 0. The monoisotopic (exact) mass is 115 g/mol. The van der Waals surface area contributed by atoms with Crippen LogP contribution in [0.15, 0.2) is 0 Å². The molecule has 0 saturated heterocycles. The average molecular weight is 115 g/mol. The average Bonchev–Trinajstić information content (AvgIpc) is 1.65. The number of rotatable bonds is 1. The molecule has 0 aromatic heterocycles. The van der Waals surface area contributed by atoms with E-state index in [9.17, 15) is 9.59 Å².